The van der Waals surface area contributed by atoms with Gasteiger partial charge in [-0.15, -0.1) is 0 Å². The average molecular weight is 1370 g/mol. The second-order valence-electron chi connectivity index (χ2n) is 26.5. The predicted molar refractivity (Wildman–Crippen MR) is 442 cm³/mol. The fraction of sp³-hybridized carbons (Fsp3) is 0. The molecule has 0 fully saturated rings. The van der Waals surface area contributed by atoms with Gasteiger partial charge in [-0.3, -0.25) is 0 Å². The number of rotatable bonds is 9. The van der Waals surface area contributed by atoms with Crippen LogP contribution in [0.25, 0.3) is 111 Å². The van der Waals surface area contributed by atoms with Crippen molar-refractivity contribution in [2.75, 3.05) is 9.80 Å². The van der Waals surface area contributed by atoms with E-state index in [1.54, 1.807) is 32.7 Å². The highest BCUT2D eigenvalue weighted by molar-refractivity contribution is 8.01. The maximum atomic E-state index is 9.93. The Balaban J connectivity index is 0.885. The summed E-state index contributed by atoms with van der Waals surface area (Å²) in [6.45, 7) is -1.14. The Labute approximate surface area is 635 Å². The molecule has 0 N–H and O–H groups in total. The standard InChI is InChI=1S/C96H60B2N4S2/c1-6-30-61(31-7-1)68-44-28-45-69(62-32-8-2-9-33-62)93(68)101-84-54-26-20-48-76(84)97-78-60-79-96(90(65-38-14-5-15-39-65)95(78)103-88-58-66(56-86(101)91(88)97)99-80-50-22-16-40-72(80)73-41-17-23-51-81(73)99)104-89-59-67(100-82-52-24-18-42-74(82)75-43-19-25-53-83(75)100)57-87-92(89)98(79)77-49-21-27-55-85(77)102(87)94-70(63-34-10-3-11-35-63)46-29-47-71(94)64-36-12-4-13-37-64/h1-60H/i16D,17D,18D,19D,22D,23D,24D,25D,40D,41D,42D,43D,50D,51D,52D,53D. The number of hydrogen-bond donors (Lipinski definition) is 0. The average Bonchev–Trinajstić information content (AvgIpc) is 0.852. The fourth-order valence-electron chi connectivity index (χ4n) is 16.9. The maximum absolute atomic E-state index is 9.93. The van der Waals surface area contributed by atoms with Crippen molar-refractivity contribution >= 4 is 147 Å². The lowest BCUT2D eigenvalue weighted by atomic mass is 9.31. The Morgan fingerprint density at radius 1 is 0.269 bits per heavy atom. The summed E-state index contributed by atoms with van der Waals surface area (Å²) in [6, 6.07) is 83.6. The Morgan fingerprint density at radius 2 is 0.577 bits per heavy atom. The summed E-state index contributed by atoms with van der Waals surface area (Å²) in [5.41, 5.74) is 20.3. The third-order valence-corrected chi connectivity index (χ3v) is 23.5. The van der Waals surface area contributed by atoms with Crippen LogP contribution < -0.4 is 42.6 Å². The van der Waals surface area contributed by atoms with Crippen LogP contribution in [0.2, 0.25) is 0 Å². The van der Waals surface area contributed by atoms with Crippen LogP contribution in [0.1, 0.15) is 21.9 Å². The zero-order valence-corrected chi connectivity index (χ0v) is 56.8. The molecule has 8 heteroatoms. The number of hydrogen-bond acceptors (Lipinski definition) is 4. The van der Waals surface area contributed by atoms with Crippen LogP contribution in [0.15, 0.2) is 383 Å². The van der Waals surface area contributed by atoms with E-state index >= 15 is 0 Å². The van der Waals surface area contributed by atoms with Crippen LogP contribution in [0.5, 0.6) is 0 Å². The van der Waals surface area contributed by atoms with Gasteiger partial charge in [-0.25, -0.2) is 0 Å². The summed E-state index contributed by atoms with van der Waals surface area (Å²) in [5, 5.41) is -0.199. The lowest BCUT2D eigenvalue weighted by Crippen LogP contribution is -2.64. The van der Waals surface area contributed by atoms with E-state index in [1.807, 2.05) is 127 Å². The van der Waals surface area contributed by atoms with Crippen molar-refractivity contribution in [2.45, 2.75) is 19.6 Å². The topological polar surface area (TPSA) is 16.3 Å². The zero-order chi connectivity index (χ0) is 82.0. The van der Waals surface area contributed by atoms with Gasteiger partial charge >= 0.3 is 0 Å². The molecule has 0 radical (unpaired) electrons. The summed E-state index contributed by atoms with van der Waals surface area (Å²) >= 11 is 3.12. The van der Waals surface area contributed by atoms with E-state index in [2.05, 4.69) is 149 Å². The lowest BCUT2D eigenvalue weighted by molar-refractivity contribution is 1.15. The Morgan fingerprint density at radius 3 is 0.923 bits per heavy atom. The third-order valence-electron chi connectivity index (χ3n) is 21.1. The number of fused-ring (bicyclic) bond motifs is 14. The van der Waals surface area contributed by atoms with Crippen molar-refractivity contribution in [1.29, 1.82) is 0 Å². The van der Waals surface area contributed by atoms with E-state index in [-0.39, 0.29) is 43.6 Å². The van der Waals surface area contributed by atoms with Gasteiger partial charge in [0.1, 0.15) is 0 Å². The molecule has 0 amide bonds. The van der Waals surface area contributed by atoms with Crippen molar-refractivity contribution in [3.8, 4) is 67.0 Å². The van der Waals surface area contributed by atoms with Crippen LogP contribution >= 0.6 is 23.5 Å². The van der Waals surface area contributed by atoms with Crippen LogP contribution in [-0.2, 0) is 0 Å². The molecule has 4 nitrogen and oxygen atoms in total. The van der Waals surface area contributed by atoms with E-state index < -0.39 is 110 Å². The highest BCUT2D eigenvalue weighted by Crippen LogP contribution is 2.55. The summed E-state index contributed by atoms with van der Waals surface area (Å²) in [6.07, 6.45) is 0. The molecule has 0 aliphatic carbocycles. The van der Waals surface area contributed by atoms with Crippen LogP contribution in [-0.4, -0.2) is 22.6 Å². The largest absolute Gasteiger partial charge is 0.310 e. The molecule has 0 spiro atoms. The molecule has 0 saturated carbocycles. The molecule has 4 aliphatic rings. The van der Waals surface area contributed by atoms with E-state index in [1.165, 1.54) is 0 Å². The van der Waals surface area contributed by atoms with Gasteiger partial charge in [0.05, 0.1) is 55.4 Å². The van der Waals surface area contributed by atoms with E-state index in [9.17, 15) is 16.4 Å². The molecule has 0 bridgehead atoms. The van der Waals surface area contributed by atoms with Crippen LogP contribution in [0.3, 0.4) is 0 Å². The molecule has 6 heterocycles. The molecule has 16 aromatic carbocycles. The summed E-state index contributed by atoms with van der Waals surface area (Å²) < 4.78 is 155. The van der Waals surface area contributed by atoms with Gasteiger partial charge < -0.3 is 18.9 Å². The zero-order valence-electron chi connectivity index (χ0n) is 71.2. The molecule has 482 valence electrons. The Hall–Kier alpha value is -12.5. The molecule has 2 aromatic heterocycles. The molecule has 18 aromatic rings. The summed E-state index contributed by atoms with van der Waals surface area (Å²) in [5.74, 6) is 0. The number of benzene rings is 16. The minimum Gasteiger partial charge on any atom is -0.310 e. The van der Waals surface area contributed by atoms with Gasteiger partial charge in [-0.1, -0.05) is 337 Å². The van der Waals surface area contributed by atoms with E-state index in [4.69, 9.17) is 5.48 Å². The first kappa shape index (κ1) is 45.4. The predicted octanol–water partition coefficient (Wildman–Crippen LogP) is 21.7. The maximum Gasteiger partial charge on any atom is 0.249 e. The molecule has 104 heavy (non-hydrogen) atoms. The molecular weight excluding hydrogens is 1290 g/mol. The quantitative estimate of drug-likeness (QED) is 0.134. The van der Waals surface area contributed by atoms with Crippen molar-refractivity contribution in [3.05, 3.63) is 364 Å². The second-order valence-corrected chi connectivity index (χ2v) is 28.6. The van der Waals surface area contributed by atoms with Crippen molar-refractivity contribution < 1.29 is 21.9 Å². The highest BCUT2D eigenvalue weighted by Gasteiger charge is 2.48. The van der Waals surface area contributed by atoms with Gasteiger partial charge in [-0.2, -0.15) is 0 Å². The minimum atomic E-state index is -0.568. The first-order chi connectivity index (χ1) is 58.3. The van der Waals surface area contributed by atoms with Gasteiger partial charge in [0.2, 0.25) is 13.4 Å². The fourth-order valence-corrected chi connectivity index (χ4v) is 19.7. The molecule has 0 atom stereocenters. The summed E-state index contributed by atoms with van der Waals surface area (Å²) in [7, 11) is 0. The van der Waals surface area contributed by atoms with Crippen LogP contribution in [0, 0.1) is 0 Å². The number of aromatic nitrogens is 2. The van der Waals surface area contributed by atoms with Crippen LogP contribution in [0.4, 0.5) is 34.1 Å². The van der Waals surface area contributed by atoms with Crippen molar-refractivity contribution in [3.63, 3.8) is 0 Å². The van der Waals surface area contributed by atoms with E-state index in [0.29, 0.717) is 22.7 Å². The summed E-state index contributed by atoms with van der Waals surface area (Å²) in [4.78, 5) is 7.94. The number of nitrogens with zero attached hydrogens (tertiary/aromatic N) is 4. The Kier molecular flexibility index (Phi) is 10.3. The Bertz CT molecular complexity index is 6900. The molecule has 0 saturated heterocycles. The van der Waals surface area contributed by atoms with Gasteiger partial charge in [-0.05, 0) is 110 Å². The normalized spacial score (nSPS) is 15.2. The van der Waals surface area contributed by atoms with Gasteiger partial charge in [0.25, 0.3) is 0 Å². The lowest BCUT2D eigenvalue weighted by Gasteiger charge is -2.44. The highest BCUT2D eigenvalue weighted by atomic mass is 32.2. The third kappa shape index (κ3) is 8.86. The molecule has 0 unspecified atom stereocenters. The molecular formula is C96H60B2N4S2. The first-order valence-corrected chi connectivity index (χ1v) is 36.2. The van der Waals surface area contributed by atoms with E-state index in [0.717, 1.165) is 131 Å². The smallest absolute Gasteiger partial charge is 0.249 e. The second kappa shape index (κ2) is 23.6. The van der Waals surface area contributed by atoms with Crippen molar-refractivity contribution in [1.82, 2.24) is 9.13 Å². The minimum absolute atomic E-state index is 0.0222. The van der Waals surface area contributed by atoms with Gasteiger partial charge in [0, 0.05) is 103 Å². The SMILES string of the molecule is [2H]c1c([2H])c([2H])c2c(c1[2H])c1c([2H])c([2H])c([2H])c([2H])c1n2-c1cc2c3c(c1)N(c1c(-c4ccccc4)cccc1-c1ccccc1)c1ccccc1B3c1cc3c(c(-c4ccccc4)c1S2)Sc1cc(-n2c4c([2H])c([2H])c([2H])c([2H])c4c4c([2H])c([2H])c([2H])c([2H])c42)cc2c1B3c1ccccc1N2c1c(-c2ccccc2)cccc1-c1ccccc1. The number of anilines is 6. The molecule has 22 rings (SSSR count). The number of para-hydroxylation sites is 8. The first-order valence-electron chi connectivity index (χ1n) is 42.6. The molecule has 4 aliphatic heterocycles. The van der Waals surface area contributed by atoms with Gasteiger partial charge in [0.15, 0.2) is 0 Å². The monoisotopic (exact) mass is 1370 g/mol. The van der Waals surface area contributed by atoms with Crippen molar-refractivity contribution in [2.24, 2.45) is 0 Å².